The Morgan fingerprint density at radius 3 is 2.06 bits per heavy atom. The van der Waals surface area contributed by atoms with Crippen molar-refractivity contribution in [1.29, 1.82) is 0 Å². The highest BCUT2D eigenvalue weighted by atomic mass is 16.5. The van der Waals surface area contributed by atoms with Gasteiger partial charge in [-0.1, -0.05) is 20.8 Å². The van der Waals surface area contributed by atoms with Gasteiger partial charge in [-0.25, -0.2) is 0 Å². The lowest BCUT2D eigenvalue weighted by atomic mass is 9.97. The molecule has 0 saturated carbocycles. The third-order valence-electron chi connectivity index (χ3n) is 3.53. The van der Waals surface area contributed by atoms with E-state index < -0.39 is 0 Å². The fraction of sp³-hybridized carbons (Fsp3) is 0.923. The Labute approximate surface area is 105 Å². The van der Waals surface area contributed by atoms with Crippen LogP contribution in [0.2, 0.25) is 0 Å². The van der Waals surface area contributed by atoms with Crippen LogP contribution in [0.4, 0.5) is 0 Å². The second kappa shape index (κ2) is 6.97. The number of hydrogen-bond donors (Lipinski definition) is 2. The number of rotatable bonds is 8. The van der Waals surface area contributed by atoms with E-state index >= 15 is 0 Å². The molecule has 0 aliphatic heterocycles. The monoisotopic (exact) mass is 244 g/mol. The van der Waals surface area contributed by atoms with E-state index in [9.17, 15) is 4.79 Å². The normalized spacial score (nSPS) is 12.6. The van der Waals surface area contributed by atoms with Gasteiger partial charge in [-0.3, -0.25) is 4.79 Å². The van der Waals surface area contributed by atoms with Gasteiger partial charge < -0.3 is 15.8 Å². The van der Waals surface area contributed by atoms with Crippen molar-refractivity contribution in [1.82, 2.24) is 5.32 Å². The summed E-state index contributed by atoms with van der Waals surface area (Å²) in [6.07, 6.45) is 2.54. The SMILES string of the molecule is CCC(C)(C)NC(=O)COC(CC)(CC)CN. The Bertz CT molecular complexity index is 227. The van der Waals surface area contributed by atoms with Crippen LogP contribution in [0.25, 0.3) is 0 Å². The van der Waals surface area contributed by atoms with Crippen molar-refractivity contribution < 1.29 is 9.53 Å². The number of ether oxygens (including phenoxy) is 1. The van der Waals surface area contributed by atoms with Gasteiger partial charge in [0.05, 0.1) is 5.60 Å². The second-order valence-electron chi connectivity index (χ2n) is 5.17. The van der Waals surface area contributed by atoms with Gasteiger partial charge in [-0.2, -0.15) is 0 Å². The minimum Gasteiger partial charge on any atom is -0.364 e. The van der Waals surface area contributed by atoms with Crippen LogP contribution < -0.4 is 11.1 Å². The zero-order valence-electron chi connectivity index (χ0n) is 11.9. The number of hydrogen-bond acceptors (Lipinski definition) is 3. The number of amides is 1. The Balaban J connectivity index is 4.23. The molecule has 0 aromatic rings. The van der Waals surface area contributed by atoms with E-state index in [2.05, 4.69) is 5.32 Å². The summed E-state index contributed by atoms with van der Waals surface area (Å²) in [7, 11) is 0. The summed E-state index contributed by atoms with van der Waals surface area (Å²) in [5, 5.41) is 2.95. The molecule has 17 heavy (non-hydrogen) atoms. The molecular weight excluding hydrogens is 216 g/mol. The van der Waals surface area contributed by atoms with Gasteiger partial charge in [0, 0.05) is 12.1 Å². The highest BCUT2D eigenvalue weighted by Gasteiger charge is 2.27. The zero-order chi connectivity index (χ0) is 13.5. The van der Waals surface area contributed by atoms with Crippen molar-refractivity contribution in [2.45, 2.75) is 65.0 Å². The minimum atomic E-state index is -0.353. The number of carbonyl (C=O) groups excluding carboxylic acids is 1. The van der Waals surface area contributed by atoms with Gasteiger partial charge in [-0.05, 0) is 33.1 Å². The molecule has 3 N–H and O–H groups in total. The molecule has 0 rings (SSSR count). The average molecular weight is 244 g/mol. The summed E-state index contributed by atoms with van der Waals surface area (Å²) < 4.78 is 5.69. The largest absolute Gasteiger partial charge is 0.364 e. The lowest BCUT2D eigenvalue weighted by Crippen LogP contribution is -2.47. The van der Waals surface area contributed by atoms with Crippen LogP contribution in [0.1, 0.15) is 53.9 Å². The lowest BCUT2D eigenvalue weighted by Gasteiger charge is -2.31. The number of carbonyl (C=O) groups is 1. The van der Waals surface area contributed by atoms with E-state index in [4.69, 9.17) is 10.5 Å². The molecule has 0 spiro atoms. The van der Waals surface area contributed by atoms with Crippen molar-refractivity contribution in [2.24, 2.45) is 5.73 Å². The fourth-order valence-corrected chi connectivity index (χ4v) is 1.52. The quantitative estimate of drug-likeness (QED) is 0.684. The van der Waals surface area contributed by atoms with E-state index in [1.807, 2.05) is 34.6 Å². The van der Waals surface area contributed by atoms with Gasteiger partial charge in [-0.15, -0.1) is 0 Å². The Morgan fingerprint density at radius 1 is 1.18 bits per heavy atom. The molecule has 4 nitrogen and oxygen atoms in total. The van der Waals surface area contributed by atoms with Gasteiger partial charge in [0.15, 0.2) is 0 Å². The average Bonchev–Trinajstić information content (AvgIpc) is 2.31. The molecule has 0 radical (unpaired) electrons. The maximum Gasteiger partial charge on any atom is 0.246 e. The van der Waals surface area contributed by atoms with Crippen molar-refractivity contribution in [3.8, 4) is 0 Å². The molecular formula is C13H28N2O2. The Kier molecular flexibility index (Phi) is 6.72. The highest BCUT2D eigenvalue weighted by Crippen LogP contribution is 2.18. The second-order valence-corrected chi connectivity index (χ2v) is 5.17. The number of nitrogens with two attached hydrogens (primary N) is 1. The molecule has 0 bridgehead atoms. The molecule has 0 aliphatic rings. The molecule has 0 unspecified atom stereocenters. The predicted molar refractivity (Wildman–Crippen MR) is 70.8 cm³/mol. The van der Waals surface area contributed by atoms with Crippen LogP contribution in [0.3, 0.4) is 0 Å². The first kappa shape index (κ1) is 16.4. The first-order valence-corrected chi connectivity index (χ1v) is 6.49. The first-order valence-electron chi connectivity index (χ1n) is 6.49. The van der Waals surface area contributed by atoms with Crippen molar-refractivity contribution in [3.63, 3.8) is 0 Å². The van der Waals surface area contributed by atoms with Crippen molar-refractivity contribution >= 4 is 5.91 Å². The molecule has 0 aliphatic carbocycles. The molecule has 0 aromatic carbocycles. The molecule has 102 valence electrons. The molecule has 1 amide bonds. The van der Waals surface area contributed by atoms with Gasteiger partial charge in [0.1, 0.15) is 6.61 Å². The maximum atomic E-state index is 11.7. The molecule has 0 heterocycles. The highest BCUT2D eigenvalue weighted by molar-refractivity contribution is 5.78. The number of nitrogens with one attached hydrogen (secondary N) is 1. The van der Waals surface area contributed by atoms with Crippen LogP contribution in [-0.4, -0.2) is 30.2 Å². The van der Waals surface area contributed by atoms with E-state index in [1.165, 1.54) is 0 Å². The first-order chi connectivity index (χ1) is 7.84. The van der Waals surface area contributed by atoms with Crippen LogP contribution >= 0.6 is 0 Å². The van der Waals surface area contributed by atoms with Crippen LogP contribution in [0, 0.1) is 0 Å². The maximum absolute atomic E-state index is 11.7. The summed E-state index contributed by atoms with van der Waals surface area (Å²) in [5.41, 5.74) is 5.18. The molecule has 0 fully saturated rings. The van der Waals surface area contributed by atoms with E-state index in [0.717, 1.165) is 19.3 Å². The van der Waals surface area contributed by atoms with Crippen LogP contribution in [0.15, 0.2) is 0 Å². The van der Waals surface area contributed by atoms with Crippen molar-refractivity contribution in [2.75, 3.05) is 13.2 Å². The summed E-state index contributed by atoms with van der Waals surface area (Å²) >= 11 is 0. The van der Waals surface area contributed by atoms with Gasteiger partial charge in [0.2, 0.25) is 5.91 Å². The lowest BCUT2D eigenvalue weighted by molar-refractivity contribution is -0.135. The molecule has 0 saturated heterocycles. The molecule has 0 aromatic heterocycles. The van der Waals surface area contributed by atoms with E-state index in [0.29, 0.717) is 6.54 Å². The molecule has 4 heteroatoms. The van der Waals surface area contributed by atoms with E-state index in [1.54, 1.807) is 0 Å². The fourth-order valence-electron chi connectivity index (χ4n) is 1.52. The summed E-state index contributed by atoms with van der Waals surface area (Å²) in [5.74, 6) is -0.0726. The zero-order valence-corrected chi connectivity index (χ0v) is 11.9. The smallest absolute Gasteiger partial charge is 0.246 e. The Morgan fingerprint density at radius 2 is 1.71 bits per heavy atom. The Hall–Kier alpha value is -0.610. The van der Waals surface area contributed by atoms with E-state index in [-0.39, 0.29) is 23.7 Å². The van der Waals surface area contributed by atoms with Crippen LogP contribution in [0.5, 0.6) is 0 Å². The third-order valence-corrected chi connectivity index (χ3v) is 3.53. The molecule has 0 atom stereocenters. The van der Waals surface area contributed by atoms with Gasteiger partial charge >= 0.3 is 0 Å². The van der Waals surface area contributed by atoms with Crippen LogP contribution in [-0.2, 0) is 9.53 Å². The topological polar surface area (TPSA) is 64.3 Å². The predicted octanol–water partition coefficient (Wildman–Crippen LogP) is 1.83. The summed E-state index contributed by atoms with van der Waals surface area (Å²) in [6.45, 7) is 10.6. The van der Waals surface area contributed by atoms with Crippen molar-refractivity contribution in [3.05, 3.63) is 0 Å². The summed E-state index contributed by atoms with van der Waals surface area (Å²) in [4.78, 5) is 11.7. The minimum absolute atomic E-state index is 0.0726. The summed E-state index contributed by atoms with van der Waals surface area (Å²) in [6, 6.07) is 0. The van der Waals surface area contributed by atoms with Gasteiger partial charge in [0.25, 0.3) is 0 Å². The standard InChI is InChI=1S/C13H28N2O2/c1-6-12(4,5)15-11(16)9-17-13(7-2,8-3)10-14/h6-10,14H2,1-5H3,(H,15,16). The third kappa shape index (κ3) is 5.50.